The molecule has 12 heteroatoms. The molecule has 36 heavy (non-hydrogen) atoms. The van der Waals surface area contributed by atoms with E-state index >= 15 is 0 Å². The summed E-state index contributed by atoms with van der Waals surface area (Å²) < 4.78 is 33.4. The highest BCUT2D eigenvalue weighted by atomic mass is 32.2. The molecule has 2 aliphatic rings. The molecule has 0 aromatic heterocycles. The van der Waals surface area contributed by atoms with Crippen molar-refractivity contribution in [1.82, 2.24) is 14.5 Å². The van der Waals surface area contributed by atoms with E-state index in [0.717, 1.165) is 6.04 Å². The van der Waals surface area contributed by atoms with Crippen LogP contribution in [0.15, 0.2) is 35.2 Å². The van der Waals surface area contributed by atoms with Gasteiger partial charge < -0.3 is 20.1 Å². The lowest BCUT2D eigenvalue weighted by Crippen LogP contribution is -2.56. The topological polar surface area (TPSA) is 133 Å². The molecule has 3 unspecified atom stereocenters. The van der Waals surface area contributed by atoms with Crippen molar-refractivity contribution in [3.8, 4) is 0 Å². The summed E-state index contributed by atoms with van der Waals surface area (Å²) in [5, 5.41) is 12.3. The summed E-state index contributed by atoms with van der Waals surface area (Å²) in [5.41, 5.74) is 0. The Morgan fingerprint density at radius 3 is 2.44 bits per heavy atom. The third kappa shape index (κ3) is 7.53. The molecule has 1 heterocycles. The highest BCUT2D eigenvalue weighted by molar-refractivity contribution is 7.89. The Morgan fingerprint density at radius 1 is 1.11 bits per heavy atom. The van der Waals surface area contributed by atoms with Crippen molar-refractivity contribution in [3.05, 3.63) is 30.3 Å². The summed E-state index contributed by atoms with van der Waals surface area (Å²) in [6, 6.07) is 7.99. The van der Waals surface area contributed by atoms with E-state index in [0.29, 0.717) is 25.9 Å². The Morgan fingerprint density at radius 2 is 1.81 bits per heavy atom. The van der Waals surface area contributed by atoms with Crippen LogP contribution in [0.2, 0.25) is 25.7 Å². The Kier molecular flexibility index (Phi) is 9.17. The summed E-state index contributed by atoms with van der Waals surface area (Å²) in [7, 11) is -5.16. The molecule has 2 fully saturated rings. The van der Waals surface area contributed by atoms with Crippen molar-refractivity contribution < 1.29 is 32.6 Å². The lowest BCUT2D eigenvalue weighted by Gasteiger charge is -2.40. The summed E-state index contributed by atoms with van der Waals surface area (Å²) >= 11 is 0. The summed E-state index contributed by atoms with van der Waals surface area (Å²) in [4.78, 5) is 37.5. The van der Waals surface area contributed by atoms with Crippen LogP contribution in [-0.2, 0) is 19.6 Å². The zero-order chi connectivity index (χ0) is 26.5. The van der Waals surface area contributed by atoms with Gasteiger partial charge in [0.2, 0.25) is 10.0 Å². The fourth-order valence-electron chi connectivity index (χ4n) is 4.74. The molecular formula is C24H37N3O7SSi. The van der Waals surface area contributed by atoms with E-state index in [1.54, 1.807) is 18.2 Å². The van der Waals surface area contributed by atoms with Crippen LogP contribution in [0.3, 0.4) is 0 Å². The second kappa shape index (κ2) is 11.7. The van der Waals surface area contributed by atoms with E-state index < -0.39 is 36.3 Å². The first kappa shape index (κ1) is 28.1. The molecule has 0 spiro atoms. The zero-order valence-electron chi connectivity index (χ0n) is 21.2. The first-order valence-electron chi connectivity index (χ1n) is 12.4. The number of nitrogens with zero attached hydrogens (tertiary/aromatic N) is 2. The summed E-state index contributed by atoms with van der Waals surface area (Å²) in [6.07, 6.45) is -0.276. The number of ketones is 1. The predicted molar refractivity (Wildman–Crippen MR) is 137 cm³/mol. The first-order chi connectivity index (χ1) is 16.9. The Bertz CT molecular complexity index is 1050. The summed E-state index contributed by atoms with van der Waals surface area (Å²) in [5.74, 6) is -0.125. The van der Waals surface area contributed by atoms with Gasteiger partial charge in [0.1, 0.15) is 5.78 Å². The van der Waals surface area contributed by atoms with Crippen LogP contribution in [0.5, 0.6) is 0 Å². The molecule has 200 valence electrons. The fourth-order valence-corrected chi connectivity index (χ4v) is 7.12. The van der Waals surface area contributed by atoms with Crippen molar-refractivity contribution in [2.75, 3.05) is 26.2 Å². The summed E-state index contributed by atoms with van der Waals surface area (Å²) in [6.45, 7) is 7.12. The van der Waals surface area contributed by atoms with E-state index in [-0.39, 0.29) is 48.7 Å². The third-order valence-corrected chi connectivity index (χ3v) is 10.5. The number of benzene rings is 1. The normalized spacial score (nSPS) is 23.5. The average molecular weight is 540 g/mol. The molecule has 1 aromatic carbocycles. The standard InChI is InChI=1S/C24H37N3O7SSi/c1-36(2,3)14-13-34-23(29)25-22-16-20(28)15-18(22)9-10-19-17-26(24(30)31)11-12-27(19)35(32,33)21-7-5-4-6-8-21/h4-8,18-19,22H,9-17H2,1-3H3,(H,25,29)(H,30,31). The maximum atomic E-state index is 13.3. The van der Waals surface area contributed by atoms with Gasteiger partial charge in [-0.15, -0.1) is 0 Å². The number of sulfonamides is 1. The Labute approximate surface area is 214 Å². The monoisotopic (exact) mass is 539 g/mol. The van der Waals surface area contributed by atoms with Crippen LogP contribution in [0.25, 0.3) is 0 Å². The molecule has 0 bridgehead atoms. The molecule has 0 radical (unpaired) electrons. The number of ether oxygens (including phenoxy) is 1. The molecule has 1 aliphatic heterocycles. The molecule has 2 amide bonds. The predicted octanol–water partition coefficient (Wildman–Crippen LogP) is 3.23. The van der Waals surface area contributed by atoms with Crippen molar-refractivity contribution in [2.45, 2.75) is 68.3 Å². The maximum Gasteiger partial charge on any atom is 0.407 e. The lowest BCUT2D eigenvalue weighted by atomic mass is 9.94. The van der Waals surface area contributed by atoms with Gasteiger partial charge in [-0.2, -0.15) is 4.31 Å². The number of carboxylic acid groups (broad SMARTS) is 1. The Balaban J connectivity index is 1.66. The zero-order valence-corrected chi connectivity index (χ0v) is 23.0. The van der Waals surface area contributed by atoms with Gasteiger partial charge in [-0.05, 0) is 36.9 Å². The van der Waals surface area contributed by atoms with E-state index in [9.17, 15) is 27.9 Å². The van der Waals surface area contributed by atoms with Gasteiger partial charge in [-0.25, -0.2) is 18.0 Å². The number of amides is 2. The van der Waals surface area contributed by atoms with Crippen LogP contribution in [-0.4, -0.2) is 87.1 Å². The number of carbonyl (C=O) groups is 3. The smallest absolute Gasteiger partial charge is 0.407 e. The number of rotatable bonds is 9. The average Bonchev–Trinajstić information content (AvgIpc) is 3.15. The fraction of sp³-hybridized carbons (Fsp3) is 0.625. The van der Waals surface area contributed by atoms with Gasteiger partial charge >= 0.3 is 12.2 Å². The molecule has 1 saturated carbocycles. The minimum atomic E-state index is -3.81. The van der Waals surface area contributed by atoms with Crippen LogP contribution in [0.4, 0.5) is 9.59 Å². The molecule has 1 aromatic rings. The highest BCUT2D eigenvalue weighted by Crippen LogP contribution is 2.31. The minimum Gasteiger partial charge on any atom is -0.465 e. The number of nitrogens with one attached hydrogen (secondary N) is 1. The number of alkyl carbamates (subject to hydrolysis) is 1. The number of hydrogen-bond donors (Lipinski definition) is 2. The van der Waals surface area contributed by atoms with Gasteiger partial charge in [-0.1, -0.05) is 37.8 Å². The quantitative estimate of drug-likeness (QED) is 0.460. The third-order valence-electron chi connectivity index (χ3n) is 6.81. The van der Waals surface area contributed by atoms with E-state index in [1.165, 1.54) is 21.3 Å². The van der Waals surface area contributed by atoms with Crippen molar-refractivity contribution in [1.29, 1.82) is 0 Å². The second-order valence-electron chi connectivity index (χ2n) is 10.8. The van der Waals surface area contributed by atoms with E-state index in [1.807, 2.05) is 0 Å². The molecule has 3 rings (SSSR count). The SMILES string of the molecule is C[Si](C)(C)CCOC(=O)NC1CC(=O)CC1CCC1CN(C(=O)O)CCN1S(=O)(=O)c1ccccc1. The Hall–Kier alpha value is -2.44. The molecular weight excluding hydrogens is 502 g/mol. The molecule has 1 saturated heterocycles. The van der Waals surface area contributed by atoms with Crippen molar-refractivity contribution >= 4 is 36.1 Å². The number of piperazine rings is 1. The van der Waals surface area contributed by atoms with E-state index in [4.69, 9.17) is 4.74 Å². The number of hydrogen-bond acceptors (Lipinski definition) is 6. The van der Waals surface area contributed by atoms with Crippen molar-refractivity contribution in [2.24, 2.45) is 5.92 Å². The second-order valence-corrected chi connectivity index (χ2v) is 18.3. The van der Waals surface area contributed by atoms with Crippen molar-refractivity contribution in [3.63, 3.8) is 0 Å². The number of carbonyl (C=O) groups excluding carboxylic acids is 2. The van der Waals surface area contributed by atoms with Crippen LogP contribution in [0, 0.1) is 5.92 Å². The van der Waals surface area contributed by atoms with Crippen LogP contribution < -0.4 is 5.32 Å². The largest absolute Gasteiger partial charge is 0.465 e. The van der Waals surface area contributed by atoms with Gasteiger partial charge in [-0.3, -0.25) is 4.79 Å². The minimum absolute atomic E-state index is 0.0389. The van der Waals surface area contributed by atoms with E-state index in [2.05, 4.69) is 25.0 Å². The van der Waals surface area contributed by atoms with Gasteiger partial charge in [0.15, 0.2) is 0 Å². The molecule has 1 aliphatic carbocycles. The van der Waals surface area contributed by atoms with Crippen LogP contribution >= 0.6 is 0 Å². The van der Waals surface area contributed by atoms with Gasteiger partial charge in [0, 0.05) is 52.6 Å². The van der Waals surface area contributed by atoms with Crippen LogP contribution in [0.1, 0.15) is 25.7 Å². The molecule has 10 nitrogen and oxygen atoms in total. The maximum absolute atomic E-state index is 13.3. The van der Waals surface area contributed by atoms with Gasteiger partial charge in [0.05, 0.1) is 11.5 Å². The van der Waals surface area contributed by atoms with Gasteiger partial charge in [0.25, 0.3) is 0 Å². The number of Topliss-reactive ketones (excluding diaryl/α,β-unsaturated/α-hetero) is 1. The first-order valence-corrected chi connectivity index (χ1v) is 17.5. The molecule has 2 N–H and O–H groups in total. The molecule has 3 atom stereocenters. The highest BCUT2D eigenvalue weighted by Gasteiger charge is 2.40. The lowest BCUT2D eigenvalue weighted by molar-refractivity contribution is -0.117.